The Kier molecular flexibility index (Phi) is 6.41. The van der Waals surface area contributed by atoms with Gasteiger partial charge in [-0.05, 0) is 12.5 Å². The largest absolute Gasteiger partial charge is 0.383 e. The average molecular weight is 301 g/mol. The van der Waals surface area contributed by atoms with Crippen LogP contribution in [0.3, 0.4) is 0 Å². The molecule has 20 heavy (non-hydrogen) atoms. The lowest BCUT2D eigenvalue weighted by Gasteiger charge is -2.17. The number of halogens is 1. The number of carbonyl (C=O) groups is 1. The molecule has 1 N–H and O–H groups in total. The molecule has 1 rings (SSSR count). The number of carbonyl (C=O) groups excluding carboxylic acids is 1. The van der Waals surface area contributed by atoms with Crippen molar-refractivity contribution in [1.29, 1.82) is 0 Å². The zero-order valence-electron chi connectivity index (χ0n) is 11.4. The van der Waals surface area contributed by atoms with Gasteiger partial charge in [-0.25, -0.2) is 0 Å². The van der Waals surface area contributed by atoms with Crippen molar-refractivity contribution in [2.24, 2.45) is 0 Å². The van der Waals surface area contributed by atoms with Crippen molar-refractivity contribution in [2.75, 3.05) is 13.7 Å². The number of hydrogen-bond donors (Lipinski definition) is 1. The van der Waals surface area contributed by atoms with Crippen LogP contribution in [0.2, 0.25) is 5.02 Å². The van der Waals surface area contributed by atoms with Gasteiger partial charge in [0.15, 0.2) is 0 Å². The van der Waals surface area contributed by atoms with E-state index in [2.05, 4.69) is 5.32 Å². The Morgan fingerprint density at radius 2 is 2.25 bits per heavy atom. The SMILES string of the molecule is CCCC(COC)NC(=O)c1ccc([N+](=O)[O-])cc1Cl. The highest BCUT2D eigenvalue weighted by Crippen LogP contribution is 2.22. The highest BCUT2D eigenvalue weighted by Gasteiger charge is 2.17. The molecule has 1 amide bonds. The number of hydrogen-bond acceptors (Lipinski definition) is 4. The number of nitro benzene ring substituents is 1. The van der Waals surface area contributed by atoms with Crippen molar-refractivity contribution in [3.63, 3.8) is 0 Å². The third kappa shape index (κ3) is 4.47. The van der Waals surface area contributed by atoms with Crippen molar-refractivity contribution >= 4 is 23.2 Å². The fraction of sp³-hybridized carbons (Fsp3) is 0.462. The summed E-state index contributed by atoms with van der Waals surface area (Å²) in [5.41, 5.74) is 0.0722. The molecule has 0 saturated heterocycles. The molecule has 0 saturated carbocycles. The van der Waals surface area contributed by atoms with Gasteiger partial charge in [0, 0.05) is 19.2 Å². The van der Waals surface area contributed by atoms with E-state index in [9.17, 15) is 14.9 Å². The van der Waals surface area contributed by atoms with Crippen LogP contribution in [0.4, 0.5) is 5.69 Å². The lowest BCUT2D eigenvalue weighted by atomic mass is 10.1. The molecule has 6 nitrogen and oxygen atoms in total. The summed E-state index contributed by atoms with van der Waals surface area (Å²) in [5.74, 6) is -0.361. The Morgan fingerprint density at radius 1 is 1.55 bits per heavy atom. The predicted molar refractivity (Wildman–Crippen MR) is 76.1 cm³/mol. The number of rotatable bonds is 7. The van der Waals surface area contributed by atoms with Gasteiger partial charge in [-0.15, -0.1) is 0 Å². The fourth-order valence-corrected chi connectivity index (χ4v) is 2.07. The van der Waals surface area contributed by atoms with E-state index < -0.39 is 4.92 Å². The van der Waals surface area contributed by atoms with Gasteiger partial charge in [0.1, 0.15) is 0 Å². The molecule has 0 aliphatic carbocycles. The van der Waals surface area contributed by atoms with E-state index in [0.29, 0.717) is 6.61 Å². The summed E-state index contributed by atoms with van der Waals surface area (Å²) in [7, 11) is 1.56. The van der Waals surface area contributed by atoms with Crippen LogP contribution in [-0.4, -0.2) is 30.6 Å². The van der Waals surface area contributed by atoms with Crippen molar-refractivity contribution in [2.45, 2.75) is 25.8 Å². The molecular formula is C13H17ClN2O4. The predicted octanol–water partition coefficient (Wildman–Crippen LogP) is 2.79. The molecular weight excluding hydrogens is 284 g/mol. The van der Waals surface area contributed by atoms with E-state index in [4.69, 9.17) is 16.3 Å². The maximum atomic E-state index is 12.1. The Bertz CT molecular complexity index is 487. The second-order valence-corrected chi connectivity index (χ2v) is 4.74. The van der Waals surface area contributed by atoms with Gasteiger partial charge in [0.25, 0.3) is 11.6 Å². The highest BCUT2D eigenvalue weighted by molar-refractivity contribution is 6.34. The zero-order chi connectivity index (χ0) is 15.1. The van der Waals surface area contributed by atoms with Crippen LogP contribution in [0.15, 0.2) is 18.2 Å². The molecule has 0 heterocycles. The van der Waals surface area contributed by atoms with Crippen LogP contribution in [0.25, 0.3) is 0 Å². The van der Waals surface area contributed by atoms with E-state index in [1.54, 1.807) is 7.11 Å². The van der Waals surface area contributed by atoms with E-state index in [1.165, 1.54) is 18.2 Å². The summed E-state index contributed by atoms with van der Waals surface area (Å²) in [5, 5.41) is 13.5. The van der Waals surface area contributed by atoms with Crippen LogP contribution >= 0.6 is 11.6 Å². The molecule has 0 bridgehead atoms. The van der Waals surface area contributed by atoms with Gasteiger partial charge in [0.05, 0.1) is 28.2 Å². The minimum atomic E-state index is -0.557. The van der Waals surface area contributed by atoms with Gasteiger partial charge in [-0.1, -0.05) is 24.9 Å². The summed E-state index contributed by atoms with van der Waals surface area (Å²) in [4.78, 5) is 22.1. The van der Waals surface area contributed by atoms with Crippen LogP contribution in [0.1, 0.15) is 30.1 Å². The molecule has 110 valence electrons. The number of amides is 1. The minimum absolute atomic E-state index is 0.0596. The van der Waals surface area contributed by atoms with Crippen molar-refractivity contribution in [3.8, 4) is 0 Å². The van der Waals surface area contributed by atoms with Crippen LogP contribution in [0, 0.1) is 10.1 Å². The fourth-order valence-electron chi connectivity index (χ4n) is 1.81. The maximum absolute atomic E-state index is 12.1. The molecule has 0 aliphatic heterocycles. The second kappa shape index (κ2) is 7.81. The molecule has 0 radical (unpaired) electrons. The van der Waals surface area contributed by atoms with Crippen molar-refractivity contribution < 1.29 is 14.5 Å². The number of non-ortho nitro benzene ring substituents is 1. The lowest BCUT2D eigenvalue weighted by molar-refractivity contribution is -0.384. The van der Waals surface area contributed by atoms with Gasteiger partial charge >= 0.3 is 0 Å². The summed E-state index contributed by atoms with van der Waals surface area (Å²) in [6.45, 7) is 2.41. The number of nitrogens with zero attached hydrogens (tertiary/aromatic N) is 1. The Hall–Kier alpha value is -1.66. The van der Waals surface area contributed by atoms with E-state index >= 15 is 0 Å². The molecule has 1 aromatic rings. The molecule has 0 aliphatic rings. The summed E-state index contributed by atoms with van der Waals surface area (Å²) < 4.78 is 5.04. The van der Waals surface area contributed by atoms with Crippen LogP contribution in [0.5, 0.6) is 0 Å². The third-order valence-corrected chi connectivity index (χ3v) is 3.06. The monoisotopic (exact) mass is 300 g/mol. The molecule has 1 aromatic carbocycles. The van der Waals surface area contributed by atoms with Gasteiger partial charge in [-0.3, -0.25) is 14.9 Å². The molecule has 1 unspecified atom stereocenters. The standard InChI is InChI=1S/C13H17ClN2O4/c1-3-4-9(8-20-2)15-13(17)11-6-5-10(16(18)19)7-12(11)14/h5-7,9H,3-4,8H2,1-2H3,(H,15,17). The minimum Gasteiger partial charge on any atom is -0.383 e. The summed E-state index contributed by atoms with van der Waals surface area (Å²) in [6.07, 6.45) is 1.69. The van der Waals surface area contributed by atoms with E-state index in [-0.39, 0.29) is 28.2 Å². The molecule has 1 atom stereocenters. The van der Waals surface area contributed by atoms with Crippen molar-refractivity contribution in [1.82, 2.24) is 5.32 Å². The number of nitrogens with one attached hydrogen (secondary N) is 1. The number of nitro groups is 1. The molecule has 0 aromatic heterocycles. The topological polar surface area (TPSA) is 81.5 Å². The smallest absolute Gasteiger partial charge is 0.270 e. The first-order chi connectivity index (χ1) is 9.49. The van der Waals surface area contributed by atoms with E-state index in [0.717, 1.165) is 12.8 Å². The number of methoxy groups -OCH3 is 1. The first kappa shape index (κ1) is 16.4. The molecule has 0 spiro atoms. The van der Waals surface area contributed by atoms with Gasteiger partial charge in [-0.2, -0.15) is 0 Å². The van der Waals surface area contributed by atoms with Crippen LogP contribution in [-0.2, 0) is 4.74 Å². The first-order valence-electron chi connectivity index (χ1n) is 6.23. The molecule has 7 heteroatoms. The first-order valence-corrected chi connectivity index (χ1v) is 6.61. The van der Waals surface area contributed by atoms with Crippen LogP contribution < -0.4 is 5.32 Å². The Labute approximate surface area is 122 Å². The third-order valence-electron chi connectivity index (χ3n) is 2.75. The quantitative estimate of drug-likeness (QED) is 0.620. The lowest BCUT2D eigenvalue weighted by Crippen LogP contribution is -2.38. The summed E-state index contributed by atoms with van der Waals surface area (Å²) in [6, 6.07) is 3.67. The number of ether oxygens (including phenoxy) is 1. The summed E-state index contributed by atoms with van der Waals surface area (Å²) >= 11 is 5.91. The average Bonchev–Trinajstić information content (AvgIpc) is 2.38. The molecule has 0 fully saturated rings. The Balaban J connectivity index is 2.83. The maximum Gasteiger partial charge on any atom is 0.270 e. The van der Waals surface area contributed by atoms with Crippen molar-refractivity contribution in [3.05, 3.63) is 38.9 Å². The van der Waals surface area contributed by atoms with Gasteiger partial charge < -0.3 is 10.1 Å². The normalized spacial score (nSPS) is 11.9. The number of benzene rings is 1. The Morgan fingerprint density at radius 3 is 2.75 bits per heavy atom. The second-order valence-electron chi connectivity index (χ2n) is 4.34. The zero-order valence-corrected chi connectivity index (χ0v) is 12.1. The highest BCUT2D eigenvalue weighted by atomic mass is 35.5. The van der Waals surface area contributed by atoms with Gasteiger partial charge in [0.2, 0.25) is 0 Å². The van der Waals surface area contributed by atoms with E-state index in [1.807, 2.05) is 6.92 Å².